The maximum absolute atomic E-state index is 11.9. The summed E-state index contributed by atoms with van der Waals surface area (Å²) in [4.78, 5) is 11.9. The Balaban J connectivity index is 2.22. The van der Waals surface area contributed by atoms with Gasteiger partial charge in [0, 0.05) is 0 Å². The topological polar surface area (TPSA) is 46.5 Å². The summed E-state index contributed by atoms with van der Waals surface area (Å²) in [7, 11) is 0. The molecule has 0 aliphatic heterocycles. The van der Waals surface area contributed by atoms with Gasteiger partial charge in [0.25, 0.3) is 0 Å². The quantitative estimate of drug-likeness (QED) is 0.777. The monoisotopic (exact) mass is 270 g/mol. The zero-order valence-electron chi connectivity index (χ0n) is 12.9. The molecular weight excluding hydrogens is 240 g/mol. The van der Waals surface area contributed by atoms with Crippen LogP contribution in [0.5, 0.6) is 0 Å². The predicted molar refractivity (Wildman–Crippen MR) is 76.8 cm³/mol. The Morgan fingerprint density at radius 2 is 2.05 bits per heavy atom. The lowest BCUT2D eigenvalue weighted by molar-refractivity contribution is -0.150. The molecule has 1 saturated carbocycles. The van der Waals surface area contributed by atoms with E-state index in [2.05, 4.69) is 20.8 Å². The van der Waals surface area contributed by atoms with Gasteiger partial charge < -0.3 is 9.84 Å². The summed E-state index contributed by atoms with van der Waals surface area (Å²) in [5, 5.41) is 9.59. The fourth-order valence-electron chi connectivity index (χ4n) is 2.52. The van der Waals surface area contributed by atoms with E-state index in [9.17, 15) is 9.90 Å². The molecule has 112 valence electrons. The van der Waals surface area contributed by atoms with Crippen LogP contribution in [-0.4, -0.2) is 23.8 Å². The van der Waals surface area contributed by atoms with Crippen LogP contribution >= 0.6 is 0 Å². The zero-order chi connectivity index (χ0) is 14.5. The second-order valence-electron chi connectivity index (χ2n) is 7.32. The number of carbonyl (C=O) groups is 1. The lowest BCUT2D eigenvalue weighted by Gasteiger charge is -2.26. The van der Waals surface area contributed by atoms with Gasteiger partial charge in [0.2, 0.25) is 0 Å². The van der Waals surface area contributed by atoms with E-state index in [1.807, 2.05) is 6.92 Å². The van der Waals surface area contributed by atoms with E-state index >= 15 is 0 Å². The third-order valence-electron chi connectivity index (χ3n) is 3.95. The summed E-state index contributed by atoms with van der Waals surface area (Å²) >= 11 is 0. The van der Waals surface area contributed by atoms with Gasteiger partial charge in [-0.2, -0.15) is 0 Å². The van der Waals surface area contributed by atoms with Crippen molar-refractivity contribution in [2.45, 2.75) is 72.3 Å². The van der Waals surface area contributed by atoms with Crippen molar-refractivity contribution in [2.24, 2.45) is 17.3 Å². The van der Waals surface area contributed by atoms with Crippen LogP contribution in [0.1, 0.15) is 66.2 Å². The summed E-state index contributed by atoms with van der Waals surface area (Å²) in [5.41, 5.74) is 0.266. The fourth-order valence-corrected chi connectivity index (χ4v) is 2.52. The van der Waals surface area contributed by atoms with Crippen LogP contribution in [0.3, 0.4) is 0 Å². The zero-order valence-corrected chi connectivity index (χ0v) is 12.9. The van der Waals surface area contributed by atoms with Crippen molar-refractivity contribution in [1.82, 2.24) is 0 Å². The number of esters is 1. The number of rotatable bonds is 5. The average molecular weight is 270 g/mol. The van der Waals surface area contributed by atoms with Crippen LogP contribution < -0.4 is 0 Å². The van der Waals surface area contributed by atoms with Crippen LogP contribution in [0.4, 0.5) is 0 Å². The van der Waals surface area contributed by atoms with E-state index in [0.29, 0.717) is 12.5 Å². The molecule has 3 atom stereocenters. The molecule has 0 bridgehead atoms. The third-order valence-corrected chi connectivity index (χ3v) is 3.95. The van der Waals surface area contributed by atoms with Crippen molar-refractivity contribution in [1.29, 1.82) is 0 Å². The molecule has 3 unspecified atom stereocenters. The summed E-state index contributed by atoms with van der Waals surface area (Å²) in [5.74, 6) is 0.250. The van der Waals surface area contributed by atoms with Crippen molar-refractivity contribution in [3.63, 3.8) is 0 Å². The summed E-state index contributed by atoms with van der Waals surface area (Å²) in [6.45, 7) is 9.00. The molecule has 3 heteroatoms. The lowest BCUT2D eigenvalue weighted by atomic mass is 9.87. The second kappa shape index (κ2) is 7.28. The molecule has 1 rings (SSSR count). The maximum atomic E-state index is 11.9. The molecule has 0 aromatic rings. The number of hydrogen-bond acceptors (Lipinski definition) is 3. The van der Waals surface area contributed by atoms with Crippen LogP contribution in [-0.2, 0) is 9.53 Å². The number of carbonyl (C=O) groups excluding carboxylic acids is 1. The number of hydrogen-bond donors (Lipinski definition) is 1. The van der Waals surface area contributed by atoms with E-state index in [-0.39, 0.29) is 23.4 Å². The number of ether oxygens (including phenoxy) is 1. The Hall–Kier alpha value is -0.570. The average Bonchev–Trinajstić information content (AvgIpc) is 2.32. The van der Waals surface area contributed by atoms with Gasteiger partial charge >= 0.3 is 5.97 Å². The molecule has 1 N–H and O–H groups in total. The van der Waals surface area contributed by atoms with Gasteiger partial charge in [-0.15, -0.1) is 0 Å². The van der Waals surface area contributed by atoms with E-state index in [1.165, 1.54) is 0 Å². The first kappa shape index (κ1) is 16.5. The van der Waals surface area contributed by atoms with Crippen molar-refractivity contribution >= 4 is 5.97 Å². The Bertz CT molecular complexity index is 280. The van der Waals surface area contributed by atoms with Gasteiger partial charge in [-0.05, 0) is 43.4 Å². The highest BCUT2D eigenvalue weighted by Crippen LogP contribution is 2.26. The standard InChI is InChI=1S/C16H30O3/c1-12(8-9-16(2,3)4)15(18)19-11-13-6-5-7-14(17)10-13/h12-14,17H,5-11H2,1-4H3. The molecular formula is C16H30O3. The minimum atomic E-state index is -0.198. The van der Waals surface area contributed by atoms with E-state index in [4.69, 9.17) is 4.74 Å². The Morgan fingerprint density at radius 3 is 2.63 bits per heavy atom. The fraction of sp³-hybridized carbons (Fsp3) is 0.938. The SMILES string of the molecule is CC(CCC(C)(C)C)C(=O)OCC1CCCC(O)C1. The molecule has 0 radical (unpaired) electrons. The molecule has 0 spiro atoms. The van der Waals surface area contributed by atoms with Gasteiger partial charge in [0.15, 0.2) is 0 Å². The van der Waals surface area contributed by atoms with Crippen molar-refractivity contribution in [3.05, 3.63) is 0 Å². The Labute approximate surface area is 117 Å². The van der Waals surface area contributed by atoms with Gasteiger partial charge in [0.1, 0.15) is 0 Å². The van der Waals surface area contributed by atoms with Gasteiger partial charge in [-0.1, -0.05) is 34.1 Å². The van der Waals surface area contributed by atoms with Crippen molar-refractivity contribution in [2.75, 3.05) is 6.61 Å². The molecule has 19 heavy (non-hydrogen) atoms. The molecule has 0 amide bonds. The highest BCUT2D eigenvalue weighted by molar-refractivity contribution is 5.71. The predicted octanol–water partition coefficient (Wildman–Crippen LogP) is 3.54. The molecule has 1 fully saturated rings. The van der Waals surface area contributed by atoms with Crippen LogP contribution in [0.25, 0.3) is 0 Å². The lowest BCUT2D eigenvalue weighted by Crippen LogP contribution is -2.26. The Kier molecular flexibility index (Phi) is 6.31. The molecule has 1 aliphatic carbocycles. The number of aliphatic hydroxyl groups is 1. The highest BCUT2D eigenvalue weighted by atomic mass is 16.5. The molecule has 0 aromatic heterocycles. The first-order chi connectivity index (χ1) is 8.78. The summed E-state index contributed by atoms with van der Waals surface area (Å²) in [6, 6.07) is 0. The van der Waals surface area contributed by atoms with Gasteiger partial charge in [0.05, 0.1) is 18.6 Å². The molecule has 1 aliphatic rings. The summed E-state index contributed by atoms with van der Waals surface area (Å²) in [6.07, 6.45) is 5.51. The number of aliphatic hydroxyl groups excluding tert-OH is 1. The van der Waals surface area contributed by atoms with Crippen molar-refractivity contribution in [3.8, 4) is 0 Å². The highest BCUT2D eigenvalue weighted by Gasteiger charge is 2.23. The summed E-state index contributed by atoms with van der Waals surface area (Å²) < 4.78 is 5.41. The van der Waals surface area contributed by atoms with Crippen molar-refractivity contribution < 1.29 is 14.6 Å². The third kappa shape index (κ3) is 6.95. The van der Waals surface area contributed by atoms with Crippen LogP contribution in [0.15, 0.2) is 0 Å². The van der Waals surface area contributed by atoms with Gasteiger partial charge in [-0.25, -0.2) is 0 Å². The second-order valence-corrected chi connectivity index (χ2v) is 7.32. The first-order valence-electron chi connectivity index (χ1n) is 7.62. The minimum absolute atomic E-state index is 0.0206. The Morgan fingerprint density at radius 1 is 1.37 bits per heavy atom. The van der Waals surface area contributed by atoms with E-state index < -0.39 is 0 Å². The molecule has 3 nitrogen and oxygen atoms in total. The van der Waals surface area contributed by atoms with Gasteiger partial charge in [-0.3, -0.25) is 4.79 Å². The van der Waals surface area contributed by atoms with E-state index in [0.717, 1.165) is 38.5 Å². The normalized spacial score (nSPS) is 25.9. The minimum Gasteiger partial charge on any atom is -0.465 e. The maximum Gasteiger partial charge on any atom is 0.308 e. The first-order valence-corrected chi connectivity index (χ1v) is 7.62. The largest absolute Gasteiger partial charge is 0.465 e. The van der Waals surface area contributed by atoms with E-state index in [1.54, 1.807) is 0 Å². The van der Waals surface area contributed by atoms with Crippen LogP contribution in [0.2, 0.25) is 0 Å². The van der Waals surface area contributed by atoms with Crippen LogP contribution in [0, 0.1) is 17.3 Å². The smallest absolute Gasteiger partial charge is 0.308 e. The molecule has 0 aromatic carbocycles. The molecule has 0 heterocycles. The molecule has 0 saturated heterocycles.